The van der Waals surface area contributed by atoms with Gasteiger partial charge in [0.05, 0.1) is 28.0 Å². The van der Waals surface area contributed by atoms with Crippen LogP contribution >= 0.6 is 23.1 Å². The van der Waals surface area contributed by atoms with Gasteiger partial charge in [-0.2, -0.15) is 0 Å². The number of anilines is 1. The third kappa shape index (κ3) is 4.01. The van der Waals surface area contributed by atoms with E-state index in [9.17, 15) is 9.59 Å². The fourth-order valence-electron chi connectivity index (χ4n) is 3.26. The number of carbonyl (C=O) groups is 1. The van der Waals surface area contributed by atoms with Gasteiger partial charge in [0.25, 0.3) is 5.56 Å². The largest absolute Gasteiger partial charge is 0.301 e. The minimum Gasteiger partial charge on any atom is -0.301 e. The molecule has 152 valence electrons. The molecule has 0 spiro atoms. The van der Waals surface area contributed by atoms with Crippen LogP contribution in [0.25, 0.3) is 16.6 Å². The Kier molecular flexibility index (Phi) is 5.69. The van der Waals surface area contributed by atoms with E-state index in [1.165, 1.54) is 23.1 Å². The number of fused-ring (bicyclic) bond motifs is 1. The van der Waals surface area contributed by atoms with Crippen LogP contribution in [-0.4, -0.2) is 26.2 Å². The third-order valence-electron chi connectivity index (χ3n) is 4.61. The monoisotopic (exact) mass is 436 g/mol. The number of nitrogens with zero attached hydrogens (tertiary/aromatic N) is 3. The number of rotatable bonds is 5. The van der Waals surface area contributed by atoms with Gasteiger partial charge in [-0.05, 0) is 44.0 Å². The summed E-state index contributed by atoms with van der Waals surface area (Å²) in [6.45, 7) is 5.81. The van der Waals surface area contributed by atoms with Crippen molar-refractivity contribution in [2.24, 2.45) is 0 Å². The Morgan fingerprint density at radius 1 is 1.07 bits per heavy atom. The van der Waals surface area contributed by atoms with Crippen LogP contribution in [0.15, 0.2) is 57.8 Å². The Hall–Kier alpha value is -2.97. The lowest BCUT2D eigenvalue weighted by atomic mass is 10.1. The van der Waals surface area contributed by atoms with E-state index in [0.29, 0.717) is 21.2 Å². The van der Waals surface area contributed by atoms with Crippen molar-refractivity contribution in [3.8, 4) is 5.69 Å². The first-order valence-corrected chi connectivity index (χ1v) is 11.2. The highest BCUT2D eigenvalue weighted by Crippen LogP contribution is 2.25. The van der Waals surface area contributed by atoms with Gasteiger partial charge in [0.1, 0.15) is 0 Å². The average Bonchev–Trinajstić information content (AvgIpc) is 3.12. The summed E-state index contributed by atoms with van der Waals surface area (Å²) in [5.41, 5.74) is 4.08. The number of aromatic nitrogens is 3. The summed E-state index contributed by atoms with van der Waals surface area (Å²) in [6, 6.07) is 13.2. The van der Waals surface area contributed by atoms with Crippen molar-refractivity contribution in [2.75, 3.05) is 11.1 Å². The lowest BCUT2D eigenvalue weighted by Gasteiger charge is -2.17. The number of amides is 1. The number of para-hydroxylation sites is 2. The van der Waals surface area contributed by atoms with E-state index >= 15 is 0 Å². The maximum atomic E-state index is 13.4. The zero-order chi connectivity index (χ0) is 21.3. The second-order valence-corrected chi connectivity index (χ2v) is 8.72. The maximum absolute atomic E-state index is 13.4. The zero-order valence-corrected chi connectivity index (χ0v) is 18.4. The molecule has 2 heterocycles. The van der Waals surface area contributed by atoms with Gasteiger partial charge < -0.3 is 5.32 Å². The molecule has 0 aliphatic carbocycles. The van der Waals surface area contributed by atoms with E-state index in [1.54, 1.807) is 10.6 Å². The zero-order valence-electron chi connectivity index (χ0n) is 16.8. The highest BCUT2D eigenvalue weighted by Gasteiger charge is 2.17. The number of hydrogen-bond acceptors (Lipinski definition) is 6. The van der Waals surface area contributed by atoms with Crippen LogP contribution in [0.5, 0.6) is 0 Å². The van der Waals surface area contributed by atoms with Crippen molar-refractivity contribution in [2.45, 2.75) is 25.9 Å². The van der Waals surface area contributed by atoms with Crippen molar-refractivity contribution >= 4 is 45.0 Å². The van der Waals surface area contributed by atoms with Crippen LogP contribution in [0.1, 0.15) is 16.8 Å². The van der Waals surface area contributed by atoms with Crippen molar-refractivity contribution in [3.05, 3.63) is 75.0 Å². The Morgan fingerprint density at radius 3 is 2.50 bits per heavy atom. The molecule has 4 aromatic rings. The summed E-state index contributed by atoms with van der Waals surface area (Å²) < 4.78 is 1.62. The molecule has 0 bridgehead atoms. The number of benzene rings is 2. The lowest BCUT2D eigenvalue weighted by Crippen LogP contribution is -2.24. The summed E-state index contributed by atoms with van der Waals surface area (Å²) in [5, 5.41) is 6.28. The van der Waals surface area contributed by atoms with Crippen molar-refractivity contribution in [3.63, 3.8) is 0 Å². The van der Waals surface area contributed by atoms with E-state index in [-0.39, 0.29) is 17.2 Å². The summed E-state index contributed by atoms with van der Waals surface area (Å²) in [4.78, 5) is 34.8. The Morgan fingerprint density at radius 2 is 1.80 bits per heavy atom. The number of hydrogen-bond donors (Lipinski definition) is 1. The lowest BCUT2D eigenvalue weighted by molar-refractivity contribution is -0.113. The van der Waals surface area contributed by atoms with Crippen molar-refractivity contribution in [1.82, 2.24) is 14.5 Å². The minimum absolute atomic E-state index is 0.119. The van der Waals surface area contributed by atoms with Crippen molar-refractivity contribution < 1.29 is 4.79 Å². The number of carbonyl (C=O) groups excluding carboxylic acids is 1. The molecule has 1 amide bonds. The van der Waals surface area contributed by atoms with E-state index in [2.05, 4.69) is 10.3 Å². The molecule has 6 nitrogen and oxygen atoms in total. The quantitative estimate of drug-likeness (QED) is 0.368. The maximum Gasteiger partial charge on any atom is 0.266 e. The number of aryl methyl sites for hydroxylation is 3. The minimum atomic E-state index is -0.190. The molecule has 0 radical (unpaired) electrons. The molecule has 0 atom stereocenters. The van der Waals surface area contributed by atoms with E-state index in [0.717, 1.165) is 22.5 Å². The molecule has 0 unspecified atom stereocenters. The van der Waals surface area contributed by atoms with Crippen LogP contribution in [-0.2, 0) is 4.79 Å². The van der Waals surface area contributed by atoms with Gasteiger partial charge >= 0.3 is 0 Å². The van der Waals surface area contributed by atoms with Crippen LogP contribution in [0.2, 0.25) is 0 Å². The topological polar surface area (TPSA) is 76.9 Å². The van der Waals surface area contributed by atoms with Gasteiger partial charge in [0, 0.05) is 5.38 Å². The highest BCUT2D eigenvalue weighted by molar-refractivity contribution is 7.99. The first-order chi connectivity index (χ1) is 14.4. The van der Waals surface area contributed by atoms with Gasteiger partial charge in [-0.3, -0.25) is 14.2 Å². The van der Waals surface area contributed by atoms with Gasteiger partial charge in [0.15, 0.2) is 10.3 Å². The van der Waals surface area contributed by atoms with Crippen molar-refractivity contribution in [1.29, 1.82) is 0 Å². The fourth-order valence-corrected chi connectivity index (χ4v) is 4.76. The summed E-state index contributed by atoms with van der Waals surface area (Å²) in [7, 11) is 0. The van der Waals surface area contributed by atoms with Gasteiger partial charge in [-0.25, -0.2) is 9.97 Å². The third-order valence-corrected chi connectivity index (χ3v) is 6.42. The first-order valence-electron chi connectivity index (χ1n) is 9.37. The molecule has 0 aliphatic rings. The molecule has 0 saturated carbocycles. The predicted octanol–water partition coefficient (Wildman–Crippen LogP) is 4.50. The smallest absolute Gasteiger partial charge is 0.266 e. The van der Waals surface area contributed by atoms with E-state index in [1.807, 2.05) is 62.5 Å². The standard InChI is InChI=1S/C22H20N4O2S2/c1-13-7-6-8-14(2)19(13)26-20(28)16-9-4-5-10-17(16)24-22(26)30-12-18(27)25-21-23-15(3)11-29-21/h4-11H,12H2,1-3H3,(H,23,25,27). The second kappa shape index (κ2) is 8.41. The van der Waals surface area contributed by atoms with Crippen LogP contribution in [0.4, 0.5) is 5.13 Å². The molecule has 30 heavy (non-hydrogen) atoms. The molecular formula is C22H20N4O2S2. The second-order valence-electron chi connectivity index (χ2n) is 6.92. The Balaban J connectivity index is 1.74. The molecule has 0 fully saturated rings. The fraction of sp³-hybridized carbons (Fsp3) is 0.182. The molecule has 8 heteroatoms. The Bertz CT molecular complexity index is 1290. The molecule has 2 aromatic heterocycles. The van der Waals surface area contributed by atoms with Crippen LogP contribution < -0.4 is 10.9 Å². The Labute approximate surface area is 182 Å². The number of thiazole rings is 1. The van der Waals surface area contributed by atoms with E-state index < -0.39 is 0 Å². The molecule has 0 aliphatic heterocycles. The first kappa shape index (κ1) is 20.3. The summed E-state index contributed by atoms with van der Waals surface area (Å²) >= 11 is 2.62. The number of nitrogens with one attached hydrogen (secondary N) is 1. The molecule has 4 rings (SSSR count). The van der Waals surface area contributed by atoms with Crippen LogP contribution in [0.3, 0.4) is 0 Å². The SMILES string of the molecule is Cc1csc(NC(=O)CSc2nc3ccccc3c(=O)n2-c2c(C)cccc2C)n1. The van der Waals surface area contributed by atoms with E-state index in [4.69, 9.17) is 4.98 Å². The average molecular weight is 437 g/mol. The summed E-state index contributed by atoms with van der Waals surface area (Å²) in [6.07, 6.45) is 0. The molecular weight excluding hydrogens is 416 g/mol. The van der Waals surface area contributed by atoms with Gasteiger partial charge in [0.2, 0.25) is 5.91 Å². The molecule has 2 aromatic carbocycles. The van der Waals surface area contributed by atoms with Crippen LogP contribution in [0, 0.1) is 20.8 Å². The number of thioether (sulfide) groups is 1. The van der Waals surface area contributed by atoms with Gasteiger partial charge in [-0.1, -0.05) is 42.1 Å². The predicted molar refractivity (Wildman–Crippen MR) is 123 cm³/mol. The molecule has 1 N–H and O–H groups in total. The van der Waals surface area contributed by atoms with Gasteiger partial charge in [-0.15, -0.1) is 11.3 Å². The highest BCUT2D eigenvalue weighted by atomic mass is 32.2. The molecule has 0 saturated heterocycles. The summed E-state index contributed by atoms with van der Waals surface area (Å²) in [5.74, 6) is -0.0706. The normalized spacial score (nSPS) is 11.0.